The molecule has 0 N–H and O–H groups in total. The minimum atomic E-state index is 1.12. The molecular weight excluding hydrogens is 320 g/mol. The van der Waals surface area contributed by atoms with Crippen LogP contribution in [0.3, 0.4) is 0 Å². The van der Waals surface area contributed by atoms with E-state index in [0.29, 0.717) is 0 Å². The van der Waals surface area contributed by atoms with Crippen LogP contribution in [0.15, 0.2) is 83.3 Å². The van der Waals surface area contributed by atoms with Crippen molar-refractivity contribution < 1.29 is 0 Å². The smallest absolute Gasteiger partial charge is 0.0181 e. The first kappa shape index (κ1) is 12.6. The Labute approximate surface area is 132 Å². The average Bonchev–Trinajstić information content (AvgIpc) is 2.54. The van der Waals surface area contributed by atoms with E-state index in [1.165, 1.54) is 32.7 Å². The van der Waals surface area contributed by atoms with Crippen molar-refractivity contribution in [3.8, 4) is 11.1 Å². The SMILES string of the molecule is Brc1ccc2cc(-c3cccc4ccccc34)ccc2c1. The van der Waals surface area contributed by atoms with Crippen LogP contribution in [0.25, 0.3) is 32.7 Å². The predicted molar refractivity (Wildman–Crippen MR) is 94.6 cm³/mol. The van der Waals surface area contributed by atoms with Gasteiger partial charge < -0.3 is 0 Å². The van der Waals surface area contributed by atoms with Crippen LogP contribution < -0.4 is 0 Å². The van der Waals surface area contributed by atoms with Crippen molar-refractivity contribution in [2.75, 3.05) is 0 Å². The molecule has 4 aromatic carbocycles. The fraction of sp³-hybridized carbons (Fsp3) is 0. The molecule has 0 aliphatic heterocycles. The second-order valence-corrected chi connectivity index (χ2v) is 6.15. The molecule has 0 aliphatic rings. The average molecular weight is 333 g/mol. The van der Waals surface area contributed by atoms with Crippen LogP contribution in [0.1, 0.15) is 0 Å². The van der Waals surface area contributed by atoms with Crippen molar-refractivity contribution in [3.05, 3.63) is 83.3 Å². The molecule has 100 valence electrons. The first-order valence-electron chi connectivity index (χ1n) is 6.99. The Kier molecular flexibility index (Phi) is 3.01. The Balaban J connectivity index is 1.98. The summed E-state index contributed by atoms with van der Waals surface area (Å²) in [6.45, 7) is 0. The van der Waals surface area contributed by atoms with E-state index in [2.05, 4.69) is 94.8 Å². The second kappa shape index (κ2) is 5.01. The third-order valence-electron chi connectivity index (χ3n) is 3.90. The lowest BCUT2D eigenvalue weighted by molar-refractivity contribution is 1.66. The van der Waals surface area contributed by atoms with Gasteiger partial charge >= 0.3 is 0 Å². The predicted octanol–water partition coefficient (Wildman–Crippen LogP) is 6.42. The molecule has 0 heterocycles. The lowest BCUT2D eigenvalue weighted by atomic mass is 9.96. The van der Waals surface area contributed by atoms with E-state index in [1.807, 2.05) is 0 Å². The van der Waals surface area contributed by atoms with Gasteiger partial charge in [-0.3, -0.25) is 0 Å². The largest absolute Gasteiger partial charge is 0.0616 e. The van der Waals surface area contributed by atoms with Crippen LogP contribution in [0.4, 0.5) is 0 Å². The molecule has 0 spiro atoms. The zero-order valence-electron chi connectivity index (χ0n) is 11.4. The minimum Gasteiger partial charge on any atom is -0.0616 e. The molecule has 1 heteroatoms. The molecular formula is C20H13Br. The van der Waals surface area contributed by atoms with Gasteiger partial charge in [0.25, 0.3) is 0 Å². The molecule has 0 radical (unpaired) electrons. The van der Waals surface area contributed by atoms with Crippen molar-refractivity contribution in [1.82, 2.24) is 0 Å². The lowest BCUT2D eigenvalue weighted by Gasteiger charge is -2.08. The first-order chi connectivity index (χ1) is 10.3. The summed E-state index contributed by atoms with van der Waals surface area (Å²) < 4.78 is 1.12. The summed E-state index contributed by atoms with van der Waals surface area (Å²) in [6, 6.07) is 28.1. The zero-order chi connectivity index (χ0) is 14.2. The van der Waals surface area contributed by atoms with Crippen LogP contribution >= 0.6 is 15.9 Å². The monoisotopic (exact) mass is 332 g/mol. The number of fused-ring (bicyclic) bond motifs is 2. The summed E-state index contributed by atoms with van der Waals surface area (Å²) in [6.07, 6.45) is 0. The molecule has 0 unspecified atom stereocenters. The zero-order valence-corrected chi connectivity index (χ0v) is 13.0. The molecule has 0 aromatic heterocycles. The molecule has 0 bridgehead atoms. The maximum atomic E-state index is 3.53. The van der Waals surface area contributed by atoms with Gasteiger partial charge in [-0.25, -0.2) is 0 Å². The van der Waals surface area contributed by atoms with Gasteiger partial charge in [-0.1, -0.05) is 76.6 Å². The summed E-state index contributed by atoms with van der Waals surface area (Å²) in [4.78, 5) is 0. The van der Waals surface area contributed by atoms with E-state index in [-0.39, 0.29) is 0 Å². The molecule has 0 nitrogen and oxygen atoms in total. The van der Waals surface area contributed by atoms with E-state index in [1.54, 1.807) is 0 Å². The van der Waals surface area contributed by atoms with Crippen LogP contribution in [0.2, 0.25) is 0 Å². The van der Waals surface area contributed by atoms with E-state index >= 15 is 0 Å². The van der Waals surface area contributed by atoms with E-state index in [0.717, 1.165) is 4.47 Å². The standard InChI is InChI=1S/C20H13Br/c21-18-11-10-15-12-17(9-8-16(15)13-18)20-7-3-5-14-4-1-2-6-19(14)20/h1-13H. The first-order valence-corrected chi connectivity index (χ1v) is 7.78. The van der Waals surface area contributed by atoms with Gasteiger partial charge in [-0.05, 0) is 50.9 Å². The molecule has 4 aromatic rings. The van der Waals surface area contributed by atoms with Crippen LogP contribution in [0.5, 0.6) is 0 Å². The quantitative estimate of drug-likeness (QED) is 0.377. The Bertz CT molecular complexity index is 949. The van der Waals surface area contributed by atoms with Crippen molar-refractivity contribution in [2.24, 2.45) is 0 Å². The third kappa shape index (κ3) is 2.24. The normalized spacial score (nSPS) is 11.1. The number of halogens is 1. The van der Waals surface area contributed by atoms with Gasteiger partial charge in [-0.15, -0.1) is 0 Å². The highest BCUT2D eigenvalue weighted by Gasteiger charge is 2.04. The van der Waals surface area contributed by atoms with Crippen molar-refractivity contribution in [2.45, 2.75) is 0 Å². The van der Waals surface area contributed by atoms with Gasteiger partial charge in [-0.2, -0.15) is 0 Å². The van der Waals surface area contributed by atoms with Gasteiger partial charge in [0.1, 0.15) is 0 Å². The molecule has 0 aliphatic carbocycles. The maximum absolute atomic E-state index is 3.53. The fourth-order valence-electron chi connectivity index (χ4n) is 2.86. The topological polar surface area (TPSA) is 0 Å². The highest BCUT2D eigenvalue weighted by Crippen LogP contribution is 2.31. The number of hydrogen-bond donors (Lipinski definition) is 0. The summed E-state index contributed by atoms with van der Waals surface area (Å²) in [7, 11) is 0. The van der Waals surface area contributed by atoms with Gasteiger partial charge in [0.2, 0.25) is 0 Å². The van der Waals surface area contributed by atoms with Gasteiger partial charge in [0.15, 0.2) is 0 Å². The van der Waals surface area contributed by atoms with Gasteiger partial charge in [0, 0.05) is 4.47 Å². The third-order valence-corrected chi connectivity index (χ3v) is 4.40. The van der Waals surface area contributed by atoms with Gasteiger partial charge in [0.05, 0.1) is 0 Å². The lowest BCUT2D eigenvalue weighted by Crippen LogP contribution is -1.82. The highest BCUT2D eigenvalue weighted by molar-refractivity contribution is 9.10. The van der Waals surface area contributed by atoms with E-state index < -0.39 is 0 Å². The van der Waals surface area contributed by atoms with Crippen molar-refractivity contribution in [1.29, 1.82) is 0 Å². The Morgan fingerprint density at radius 3 is 2.29 bits per heavy atom. The maximum Gasteiger partial charge on any atom is 0.0181 e. The molecule has 21 heavy (non-hydrogen) atoms. The van der Waals surface area contributed by atoms with Crippen LogP contribution in [-0.4, -0.2) is 0 Å². The minimum absolute atomic E-state index is 1.12. The highest BCUT2D eigenvalue weighted by atomic mass is 79.9. The second-order valence-electron chi connectivity index (χ2n) is 5.23. The molecule has 0 saturated carbocycles. The molecule has 0 amide bonds. The number of rotatable bonds is 1. The summed E-state index contributed by atoms with van der Waals surface area (Å²) in [5, 5.41) is 5.11. The fourth-order valence-corrected chi connectivity index (χ4v) is 3.24. The molecule has 0 fully saturated rings. The molecule has 4 rings (SSSR count). The summed E-state index contributed by atoms with van der Waals surface area (Å²) in [5.41, 5.74) is 2.56. The molecule has 0 saturated heterocycles. The summed E-state index contributed by atoms with van der Waals surface area (Å²) in [5.74, 6) is 0. The Hall–Kier alpha value is -2.12. The van der Waals surface area contributed by atoms with Crippen LogP contribution in [0, 0.1) is 0 Å². The van der Waals surface area contributed by atoms with E-state index in [9.17, 15) is 0 Å². The Morgan fingerprint density at radius 2 is 1.33 bits per heavy atom. The summed E-state index contributed by atoms with van der Waals surface area (Å²) >= 11 is 3.53. The van der Waals surface area contributed by atoms with Crippen LogP contribution in [-0.2, 0) is 0 Å². The van der Waals surface area contributed by atoms with E-state index in [4.69, 9.17) is 0 Å². The number of benzene rings is 4. The Morgan fingerprint density at radius 1 is 0.571 bits per heavy atom. The number of hydrogen-bond acceptors (Lipinski definition) is 0. The van der Waals surface area contributed by atoms with Crippen molar-refractivity contribution >= 4 is 37.5 Å². The molecule has 0 atom stereocenters. The van der Waals surface area contributed by atoms with Crippen molar-refractivity contribution in [3.63, 3.8) is 0 Å².